The molecule has 4 heteroatoms. The number of aryl methyl sites for hydroxylation is 1. The lowest BCUT2D eigenvalue weighted by atomic mass is 10.2. The molecule has 82 valence electrons. The molecule has 1 aromatic rings. The van der Waals surface area contributed by atoms with Crippen LogP contribution in [0.4, 0.5) is 0 Å². The monoisotopic (exact) mass is 209 g/mol. The van der Waals surface area contributed by atoms with E-state index in [9.17, 15) is 9.59 Å². The Kier molecular flexibility index (Phi) is 3.66. The highest BCUT2D eigenvalue weighted by atomic mass is 16.4. The van der Waals surface area contributed by atoms with Crippen molar-refractivity contribution >= 4 is 11.8 Å². The zero-order valence-electron chi connectivity index (χ0n) is 8.99. The zero-order valence-corrected chi connectivity index (χ0v) is 8.99. The molecule has 4 nitrogen and oxygen atoms in total. The summed E-state index contributed by atoms with van der Waals surface area (Å²) in [6.45, 7) is 4.01. The highest BCUT2D eigenvalue weighted by Crippen LogP contribution is 2.12. The molecule has 0 saturated heterocycles. The van der Waals surface area contributed by atoms with Crippen molar-refractivity contribution in [1.29, 1.82) is 0 Å². The number of aromatic nitrogens is 1. The molecule has 15 heavy (non-hydrogen) atoms. The number of carbonyl (C=O) groups excluding carboxylic acids is 1. The van der Waals surface area contributed by atoms with Crippen LogP contribution in [0.15, 0.2) is 12.3 Å². The Balaban J connectivity index is 2.89. The Bertz CT molecular complexity index is 379. The predicted octanol–water partition coefficient (Wildman–Crippen LogP) is 1.73. The number of hydrogen-bond donors (Lipinski definition) is 1. The lowest BCUT2D eigenvalue weighted by molar-refractivity contribution is -0.117. The number of ketones is 1. The van der Waals surface area contributed by atoms with E-state index in [0.29, 0.717) is 24.9 Å². The summed E-state index contributed by atoms with van der Waals surface area (Å²) in [4.78, 5) is 21.7. The SMILES string of the molecule is CCc1c(C(=O)O)ccn1CCC(C)=O. The van der Waals surface area contributed by atoms with Gasteiger partial charge in [0.1, 0.15) is 5.78 Å². The molecule has 0 spiro atoms. The fourth-order valence-corrected chi connectivity index (χ4v) is 1.58. The smallest absolute Gasteiger partial charge is 0.337 e. The van der Waals surface area contributed by atoms with Crippen molar-refractivity contribution in [3.05, 3.63) is 23.5 Å². The summed E-state index contributed by atoms with van der Waals surface area (Å²) >= 11 is 0. The van der Waals surface area contributed by atoms with E-state index in [1.54, 1.807) is 12.3 Å². The van der Waals surface area contributed by atoms with Gasteiger partial charge in [-0.25, -0.2) is 4.79 Å². The van der Waals surface area contributed by atoms with Gasteiger partial charge in [-0.3, -0.25) is 4.79 Å². The van der Waals surface area contributed by atoms with Crippen molar-refractivity contribution in [2.24, 2.45) is 0 Å². The quantitative estimate of drug-likeness (QED) is 0.803. The molecule has 0 bridgehead atoms. The van der Waals surface area contributed by atoms with Crippen LogP contribution in [-0.4, -0.2) is 21.4 Å². The number of rotatable bonds is 5. The van der Waals surface area contributed by atoms with Gasteiger partial charge in [0.15, 0.2) is 0 Å². The average molecular weight is 209 g/mol. The van der Waals surface area contributed by atoms with Gasteiger partial charge in [0, 0.05) is 24.9 Å². The number of aromatic carboxylic acids is 1. The highest BCUT2D eigenvalue weighted by Gasteiger charge is 2.13. The third-order valence-electron chi connectivity index (χ3n) is 2.35. The minimum atomic E-state index is -0.909. The van der Waals surface area contributed by atoms with Gasteiger partial charge in [-0.2, -0.15) is 0 Å². The summed E-state index contributed by atoms with van der Waals surface area (Å²) in [6, 6.07) is 1.58. The third-order valence-corrected chi connectivity index (χ3v) is 2.35. The largest absolute Gasteiger partial charge is 0.478 e. The van der Waals surface area contributed by atoms with E-state index in [4.69, 9.17) is 5.11 Å². The van der Waals surface area contributed by atoms with Crippen molar-refractivity contribution in [2.45, 2.75) is 33.2 Å². The fourth-order valence-electron chi connectivity index (χ4n) is 1.58. The van der Waals surface area contributed by atoms with E-state index in [2.05, 4.69) is 0 Å². The number of hydrogen-bond acceptors (Lipinski definition) is 2. The van der Waals surface area contributed by atoms with Crippen LogP contribution in [0.2, 0.25) is 0 Å². The molecular formula is C11H15NO3. The first-order valence-corrected chi connectivity index (χ1v) is 4.97. The molecule has 0 aromatic carbocycles. The van der Waals surface area contributed by atoms with Crippen LogP contribution < -0.4 is 0 Å². The second-order valence-corrected chi connectivity index (χ2v) is 3.48. The molecule has 0 aliphatic rings. The number of carboxylic acids is 1. The molecule has 1 N–H and O–H groups in total. The van der Waals surface area contributed by atoms with Crippen LogP contribution in [0.1, 0.15) is 36.3 Å². The van der Waals surface area contributed by atoms with Gasteiger partial charge in [0.25, 0.3) is 0 Å². The average Bonchev–Trinajstić information content (AvgIpc) is 2.57. The Hall–Kier alpha value is -1.58. The molecule has 0 unspecified atom stereocenters. The van der Waals surface area contributed by atoms with E-state index in [0.717, 1.165) is 5.69 Å². The maximum atomic E-state index is 10.9. The maximum absolute atomic E-state index is 10.9. The Morgan fingerprint density at radius 2 is 2.13 bits per heavy atom. The van der Waals surface area contributed by atoms with Crippen LogP contribution in [0.5, 0.6) is 0 Å². The van der Waals surface area contributed by atoms with Crippen molar-refractivity contribution in [3.8, 4) is 0 Å². The van der Waals surface area contributed by atoms with E-state index in [1.165, 1.54) is 6.92 Å². The molecule has 1 heterocycles. The van der Waals surface area contributed by atoms with Crippen molar-refractivity contribution in [1.82, 2.24) is 4.57 Å². The second-order valence-electron chi connectivity index (χ2n) is 3.48. The molecule has 0 fully saturated rings. The number of carboxylic acid groups (broad SMARTS) is 1. The fraction of sp³-hybridized carbons (Fsp3) is 0.455. The lowest BCUT2D eigenvalue weighted by Gasteiger charge is -2.06. The molecule has 1 rings (SSSR count). The van der Waals surface area contributed by atoms with Gasteiger partial charge in [0.2, 0.25) is 0 Å². The summed E-state index contributed by atoms with van der Waals surface area (Å²) in [5.41, 5.74) is 1.12. The van der Waals surface area contributed by atoms with E-state index < -0.39 is 5.97 Å². The zero-order chi connectivity index (χ0) is 11.4. The Labute approximate surface area is 88.5 Å². The van der Waals surface area contributed by atoms with Crippen molar-refractivity contribution in [2.75, 3.05) is 0 Å². The summed E-state index contributed by atoms with van der Waals surface area (Å²) in [5.74, 6) is -0.795. The number of nitrogens with zero attached hydrogens (tertiary/aromatic N) is 1. The first-order valence-electron chi connectivity index (χ1n) is 4.97. The summed E-state index contributed by atoms with van der Waals surface area (Å²) in [7, 11) is 0. The van der Waals surface area contributed by atoms with Gasteiger partial charge in [0.05, 0.1) is 5.56 Å². The van der Waals surface area contributed by atoms with Crippen LogP contribution in [0.3, 0.4) is 0 Å². The summed E-state index contributed by atoms with van der Waals surface area (Å²) < 4.78 is 1.84. The predicted molar refractivity (Wildman–Crippen MR) is 56.1 cm³/mol. The normalized spacial score (nSPS) is 10.3. The first kappa shape index (κ1) is 11.5. The second kappa shape index (κ2) is 4.77. The minimum absolute atomic E-state index is 0.114. The molecule has 0 aliphatic heterocycles. The van der Waals surface area contributed by atoms with Crippen LogP contribution in [0.25, 0.3) is 0 Å². The molecule has 0 saturated carbocycles. The first-order chi connectivity index (χ1) is 7.06. The highest BCUT2D eigenvalue weighted by molar-refractivity contribution is 5.89. The lowest BCUT2D eigenvalue weighted by Crippen LogP contribution is -2.08. The van der Waals surface area contributed by atoms with E-state index in [1.807, 2.05) is 11.5 Å². The van der Waals surface area contributed by atoms with Gasteiger partial charge >= 0.3 is 5.97 Å². The van der Waals surface area contributed by atoms with E-state index in [-0.39, 0.29) is 5.78 Å². The van der Waals surface area contributed by atoms with Gasteiger partial charge in [-0.15, -0.1) is 0 Å². The van der Waals surface area contributed by atoms with Gasteiger partial charge in [-0.05, 0) is 19.4 Å². The van der Waals surface area contributed by atoms with Gasteiger partial charge in [-0.1, -0.05) is 6.92 Å². The van der Waals surface area contributed by atoms with E-state index >= 15 is 0 Å². The van der Waals surface area contributed by atoms with Crippen molar-refractivity contribution in [3.63, 3.8) is 0 Å². The Morgan fingerprint density at radius 3 is 2.60 bits per heavy atom. The molecule has 0 amide bonds. The number of carbonyl (C=O) groups is 2. The molecular weight excluding hydrogens is 194 g/mol. The molecule has 0 atom stereocenters. The van der Waals surface area contributed by atoms with Crippen LogP contribution >= 0.6 is 0 Å². The standard InChI is InChI=1S/C11H15NO3/c1-3-10-9(11(14)15)5-7-12(10)6-4-8(2)13/h5,7H,3-4,6H2,1-2H3,(H,14,15). The van der Waals surface area contributed by atoms with Crippen LogP contribution in [-0.2, 0) is 17.8 Å². The topological polar surface area (TPSA) is 59.3 Å². The maximum Gasteiger partial charge on any atom is 0.337 e. The van der Waals surface area contributed by atoms with Gasteiger partial charge < -0.3 is 9.67 Å². The molecule has 0 radical (unpaired) electrons. The minimum Gasteiger partial charge on any atom is -0.478 e. The van der Waals surface area contributed by atoms with Crippen LogP contribution in [0, 0.1) is 0 Å². The molecule has 0 aliphatic carbocycles. The number of Topliss-reactive ketones (excluding diaryl/α,β-unsaturated/α-hetero) is 1. The summed E-state index contributed by atoms with van der Waals surface area (Å²) in [5, 5.41) is 8.91. The molecule has 1 aromatic heterocycles. The third kappa shape index (κ3) is 2.68. The van der Waals surface area contributed by atoms with Crippen molar-refractivity contribution < 1.29 is 14.7 Å². The Morgan fingerprint density at radius 1 is 1.47 bits per heavy atom. The summed E-state index contributed by atoms with van der Waals surface area (Å²) in [6.07, 6.45) is 2.83.